The first-order valence-electron chi connectivity index (χ1n) is 10.7. The fraction of sp³-hybridized carbons (Fsp3) is 0.0741. The zero-order valence-electron chi connectivity index (χ0n) is 18.4. The number of methoxy groups -OCH3 is 1. The first kappa shape index (κ1) is 21.6. The summed E-state index contributed by atoms with van der Waals surface area (Å²) in [4.78, 5) is 22.3. The monoisotopic (exact) mass is 467 g/mol. The Morgan fingerprint density at radius 2 is 1.71 bits per heavy atom. The normalized spacial score (nSPS) is 11.3. The number of rotatable bonds is 6. The average molecular weight is 468 g/mol. The quantitative estimate of drug-likeness (QED) is 0.328. The molecule has 0 saturated heterocycles. The number of aliphatic imine (C=N–C) groups is 1. The maximum absolute atomic E-state index is 13.2. The third-order valence-electron chi connectivity index (χ3n) is 5.55. The lowest BCUT2D eigenvalue weighted by Crippen LogP contribution is -2.22. The second-order valence-electron chi connectivity index (χ2n) is 7.66. The molecule has 0 spiro atoms. The topological polar surface area (TPSA) is 76.7 Å². The highest BCUT2D eigenvalue weighted by atomic mass is 32.1. The number of benzene rings is 3. The number of aromatic hydroxyl groups is 1. The molecule has 3 aromatic carbocycles. The largest absolute Gasteiger partial charge is 0.497 e. The Hall–Kier alpha value is -4.23. The van der Waals surface area contributed by atoms with Crippen molar-refractivity contribution in [1.82, 2.24) is 9.55 Å². The molecule has 2 aromatic heterocycles. The Kier molecular flexibility index (Phi) is 5.93. The molecule has 2 heterocycles. The summed E-state index contributed by atoms with van der Waals surface area (Å²) in [6.45, 7) is 0.218. The summed E-state index contributed by atoms with van der Waals surface area (Å²) in [6, 6.07) is 24.5. The van der Waals surface area contributed by atoms with E-state index in [1.807, 2.05) is 78.2 Å². The van der Waals surface area contributed by atoms with Gasteiger partial charge in [-0.1, -0.05) is 60.7 Å². The lowest BCUT2D eigenvalue weighted by Gasteiger charge is -2.14. The van der Waals surface area contributed by atoms with Crippen LogP contribution in [0.2, 0.25) is 0 Å². The fourth-order valence-electron chi connectivity index (χ4n) is 3.78. The highest BCUT2D eigenvalue weighted by molar-refractivity contribution is 7.13. The van der Waals surface area contributed by atoms with Crippen molar-refractivity contribution < 1.29 is 9.84 Å². The molecule has 5 rings (SSSR count). The van der Waals surface area contributed by atoms with Crippen molar-refractivity contribution in [1.29, 1.82) is 0 Å². The van der Waals surface area contributed by atoms with Crippen LogP contribution in [0.5, 0.6) is 11.6 Å². The van der Waals surface area contributed by atoms with Crippen LogP contribution in [0.15, 0.2) is 94.0 Å². The van der Waals surface area contributed by atoms with Gasteiger partial charge in [0.25, 0.3) is 5.56 Å². The molecule has 0 radical (unpaired) electrons. The molecule has 5 aromatic rings. The van der Waals surface area contributed by atoms with E-state index >= 15 is 0 Å². The number of nitrogens with zero attached hydrogens (tertiary/aromatic N) is 3. The number of hydrogen-bond acceptors (Lipinski definition) is 6. The summed E-state index contributed by atoms with van der Waals surface area (Å²) in [5.41, 5.74) is 2.93. The summed E-state index contributed by atoms with van der Waals surface area (Å²) < 4.78 is 6.57. The highest BCUT2D eigenvalue weighted by Crippen LogP contribution is 2.28. The van der Waals surface area contributed by atoms with Gasteiger partial charge in [-0.05, 0) is 23.8 Å². The van der Waals surface area contributed by atoms with E-state index in [0.29, 0.717) is 21.5 Å². The Morgan fingerprint density at radius 1 is 1.00 bits per heavy atom. The van der Waals surface area contributed by atoms with E-state index in [1.165, 1.54) is 15.9 Å². The van der Waals surface area contributed by atoms with Gasteiger partial charge in [0.05, 0.1) is 24.9 Å². The van der Waals surface area contributed by atoms with E-state index in [2.05, 4.69) is 9.98 Å². The number of aromatic nitrogens is 2. The molecule has 0 fully saturated rings. The predicted molar refractivity (Wildman–Crippen MR) is 137 cm³/mol. The summed E-state index contributed by atoms with van der Waals surface area (Å²) in [5, 5.41) is 14.8. The molecule has 168 valence electrons. The van der Waals surface area contributed by atoms with Crippen LogP contribution in [0.3, 0.4) is 0 Å². The molecule has 0 aliphatic rings. The van der Waals surface area contributed by atoms with Gasteiger partial charge in [0.15, 0.2) is 0 Å². The lowest BCUT2D eigenvalue weighted by molar-refractivity contribution is 0.412. The Morgan fingerprint density at radius 3 is 2.44 bits per heavy atom. The first-order valence-corrected chi connectivity index (χ1v) is 11.5. The Bertz CT molecular complexity index is 1540. The molecule has 7 heteroatoms. The zero-order chi connectivity index (χ0) is 23.5. The lowest BCUT2D eigenvalue weighted by atomic mass is 10.1. The number of ether oxygens (including phenoxy) is 1. The van der Waals surface area contributed by atoms with Crippen LogP contribution in [-0.2, 0) is 6.54 Å². The summed E-state index contributed by atoms with van der Waals surface area (Å²) in [6.07, 6.45) is 1.58. The van der Waals surface area contributed by atoms with Crippen LogP contribution in [-0.4, -0.2) is 28.0 Å². The molecular formula is C27H21N3O3S. The third-order valence-corrected chi connectivity index (χ3v) is 6.30. The molecule has 0 saturated carbocycles. The van der Waals surface area contributed by atoms with E-state index in [-0.39, 0.29) is 18.0 Å². The number of fused-ring (bicyclic) bond motifs is 1. The number of thiazole rings is 1. The molecule has 1 N–H and O–H groups in total. The van der Waals surface area contributed by atoms with Crippen LogP contribution in [0.1, 0.15) is 11.1 Å². The molecular weight excluding hydrogens is 446 g/mol. The Balaban J connectivity index is 1.55. The van der Waals surface area contributed by atoms with Gasteiger partial charge >= 0.3 is 0 Å². The van der Waals surface area contributed by atoms with Crippen molar-refractivity contribution in [2.75, 3.05) is 7.11 Å². The van der Waals surface area contributed by atoms with Gasteiger partial charge in [0, 0.05) is 27.9 Å². The second-order valence-corrected chi connectivity index (χ2v) is 8.50. The highest BCUT2D eigenvalue weighted by Gasteiger charge is 2.15. The van der Waals surface area contributed by atoms with Gasteiger partial charge in [-0.15, -0.1) is 11.3 Å². The van der Waals surface area contributed by atoms with E-state index in [1.54, 1.807) is 19.4 Å². The number of pyridine rings is 1. The standard InChI is InChI=1S/C27H21N3O3S/c1-33-20-13-11-18(12-14-20)16-30-25(31)22-10-6-5-9-21(22)23(26(30)32)15-28-27-29-24(17-34-27)19-7-3-2-4-8-19/h2-15,17,32H,16H2,1H3. The smallest absolute Gasteiger partial charge is 0.261 e. The average Bonchev–Trinajstić information content (AvgIpc) is 3.36. The van der Waals surface area contributed by atoms with Crippen molar-refractivity contribution in [2.24, 2.45) is 4.99 Å². The molecule has 0 atom stereocenters. The minimum absolute atomic E-state index is 0.136. The minimum atomic E-state index is -0.262. The summed E-state index contributed by atoms with van der Waals surface area (Å²) in [5.74, 6) is 0.591. The van der Waals surface area contributed by atoms with Crippen LogP contribution >= 0.6 is 11.3 Å². The SMILES string of the molecule is COc1ccc(Cn2c(O)c(C=Nc3nc(-c4ccccc4)cs3)c3ccccc3c2=O)cc1. The first-order chi connectivity index (χ1) is 16.6. The van der Waals surface area contributed by atoms with Crippen LogP contribution in [0, 0.1) is 0 Å². The number of hydrogen-bond donors (Lipinski definition) is 1. The fourth-order valence-corrected chi connectivity index (χ4v) is 4.45. The predicted octanol–water partition coefficient (Wildman–Crippen LogP) is 5.64. The van der Waals surface area contributed by atoms with Crippen LogP contribution in [0.25, 0.3) is 22.0 Å². The van der Waals surface area contributed by atoms with E-state index < -0.39 is 0 Å². The van der Waals surface area contributed by atoms with Gasteiger partial charge < -0.3 is 9.84 Å². The van der Waals surface area contributed by atoms with Gasteiger partial charge in [-0.2, -0.15) is 0 Å². The molecule has 0 amide bonds. The zero-order valence-corrected chi connectivity index (χ0v) is 19.2. The van der Waals surface area contributed by atoms with Gasteiger partial charge in [0.1, 0.15) is 5.75 Å². The molecule has 0 unspecified atom stereocenters. The van der Waals surface area contributed by atoms with Crippen molar-refractivity contribution in [3.8, 4) is 22.9 Å². The van der Waals surface area contributed by atoms with Gasteiger partial charge in [0.2, 0.25) is 11.0 Å². The van der Waals surface area contributed by atoms with E-state index in [9.17, 15) is 9.90 Å². The Labute approximate surface area is 200 Å². The van der Waals surface area contributed by atoms with E-state index in [0.717, 1.165) is 22.6 Å². The minimum Gasteiger partial charge on any atom is -0.497 e. The molecule has 6 nitrogen and oxygen atoms in total. The van der Waals surface area contributed by atoms with Gasteiger partial charge in [-0.25, -0.2) is 9.98 Å². The van der Waals surface area contributed by atoms with Crippen molar-refractivity contribution in [3.63, 3.8) is 0 Å². The van der Waals surface area contributed by atoms with Crippen molar-refractivity contribution >= 4 is 33.5 Å². The van der Waals surface area contributed by atoms with E-state index in [4.69, 9.17) is 4.74 Å². The van der Waals surface area contributed by atoms with Crippen molar-refractivity contribution in [3.05, 3.63) is 106 Å². The molecule has 0 aliphatic carbocycles. The summed E-state index contributed by atoms with van der Waals surface area (Å²) in [7, 11) is 1.60. The second kappa shape index (κ2) is 9.33. The summed E-state index contributed by atoms with van der Waals surface area (Å²) >= 11 is 1.42. The molecule has 0 aliphatic heterocycles. The maximum atomic E-state index is 13.2. The molecule has 34 heavy (non-hydrogen) atoms. The van der Waals surface area contributed by atoms with Gasteiger partial charge in [-0.3, -0.25) is 9.36 Å². The maximum Gasteiger partial charge on any atom is 0.261 e. The van der Waals surface area contributed by atoms with Crippen molar-refractivity contribution in [2.45, 2.75) is 6.54 Å². The van der Waals surface area contributed by atoms with Crippen LogP contribution in [0.4, 0.5) is 5.13 Å². The third kappa shape index (κ3) is 4.21. The van der Waals surface area contributed by atoms with Crippen LogP contribution < -0.4 is 10.3 Å². The molecule has 0 bridgehead atoms.